The Bertz CT molecular complexity index is 582. The Morgan fingerprint density at radius 3 is 2.85 bits per heavy atom. The highest BCUT2D eigenvalue weighted by Gasteiger charge is 2.23. The molecule has 2 aliphatic rings. The van der Waals surface area contributed by atoms with E-state index in [0.717, 1.165) is 64.5 Å². The summed E-state index contributed by atoms with van der Waals surface area (Å²) in [4.78, 5) is 10.9. The van der Waals surface area contributed by atoms with E-state index in [9.17, 15) is 0 Å². The Morgan fingerprint density at radius 1 is 1.33 bits per heavy atom. The van der Waals surface area contributed by atoms with Crippen molar-refractivity contribution < 1.29 is 9.47 Å². The van der Waals surface area contributed by atoms with Crippen molar-refractivity contribution in [3.8, 4) is 0 Å². The monoisotopic (exact) mass is 394 g/mol. The van der Waals surface area contributed by atoms with Crippen LogP contribution in [0.1, 0.15) is 37.7 Å². The van der Waals surface area contributed by atoms with Crippen LogP contribution in [0.25, 0.3) is 0 Å². The Kier molecular flexibility index (Phi) is 8.17. The molecular formula is C20H31ClN4O2. The summed E-state index contributed by atoms with van der Waals surface area (Å²) in [5.74, 6) is 0.964. The van der Waals surface area contributed by atoms with Crippen molar-refractivity contribution in [1.82, 2.24) is 15.2 Å². The van der Waals surface area contributed by atoms with Crippen LogP contribution in [-0.4, -0.2) is 67.9 Å². The van der Waals surface area contributed by atoms with Crippen LogP contribution < -0.4 is 5.32 Å². The molecule has 0 radical (unpaired) electrons. The summed E-state index contributed by atoms with van der Waals surface area (Å²) in [5, 5.41) is 3.99. The number of nitrogens with zero attached hydrogens (tertiary/aromatic N) is 3. The highest BCUT2D eigenvalue weighted by molar-refractivity contribution is 6.29. The first-order valence-corrected chi connectivity index (χ1v) is 10.4. The highest BCUT2D eigenvalue weighted by Crippen LogP contribution is 2.18. The molecular weight excluding hydrogens is 364 g/mol. The second kappa shape index (κ2) is 10.8. The van der Waals surface area contributed by atoms with Gasteiger partial charge in [0.05, 0.1) is 18.8 Å². The van der Waals surface area contributed by atoms with Crippen molar-refractivity contribution in [3.63, 3.8) is 0 Å². The van der Waals surface area contributed by atoms with Crippen LogP contribution in [0.5, 0.6) is 0 Å². The zero-order chi connectivity index (χ0) is 18.9. The number of nitrogens with one attached hydrogen (secondary N) is 1. The van der Waals surface area contributed by atoms with Gasteiger partial charge in [-0.3, -0.25) is 4.99 Å². The molecule has 1 aromatic rings. The van der Waals surface area contributed by atoms with Crippen molar-refractivity contribution in [2.75, 3.05) is 39.9 Å². The standard InChI is InChI=1S/C20H31ClN4O2/c1-22-20(23-10-7-16-5-6-19(21)24-14-16)25-11-8-17(9-12-25)27-15-18-4-2-3-13-26-18/h5-6,14,17-18H,2-4,7-13,15H2,1H3,(H,22,23). The van der Waals surface area contributed by atoms with Crippen molar-refractivity contribution >= 4 is 17.6 Å². The maximum Gasteiger partial charge on any atom is 0.193 e. The number of rotatable bonds is 6. The van der Waals surface area contributed by atoms with Crippen LogP contribution in [0.4, 0.5) is 0 Å². The molecule has 2 fully saturated rings. The minimum atomic E-state index is 0.300. The fourth-order valence-corrected chi connectivity index (χ4v) is 3.73. The van der Waals surface area contributed by atoms with Gasteiger partial charge in [0.1, 0.15) is 5.15 Å². The molecule has 0 saturated carbocycles. The molecule has 1 atom stereocenters. The van der Waals surface area contributed by atoms with Gasteiger partial charge in [-0.1, -0.05) is 17.7 Å². The van der Waals surface area contributed by atoms with E-state index in [1.54, 1.807) is 0 Å². The first-order valence-electron chi connectivity index (χ1n) is 10.0. The maximum absolute atomic E-state index is 6.10. The number of guanidine groups is 1. The number of pyridine rings is 1. The van der Waals surface area contributed by atoms with Gasteiger partial charge in [-0.25, -0.2) is 4.98 Å². The van der Waals surface area contributed by atoms with Gasteiger partial charge in [0.2, 0.25) is 0 Å². The molecule has 1 unspecified atom stereocenters. The number of halogens is 1. The minimum Gasteiger partial charge on any atom is -0.376 e. The van der Waals surface area contributed by atoms with Crippen molar-refractivity contribution in [1.29, 1.82) is 0 Å². The van der Waals surface area contributed by atoms with E-state index in [4.69, 9.17) is 21.1 Å². The molecule has 2 aliphatic heterocycles. The normalized spacial score (nSPS) is 22.1. The van der Waals surface area contributed by atoms with Gasteiger partial charge < -0.3 is 19.7 Å². The van der Waals surface area contributed by atoms with E-state index in [1.165, 1.54) is 18.4 Å². The third-order valence-electron chi connectivity index (χ3n) is 5.23. The highest BCUT2D eigenvalue weighted by atomic mass is 35.5. The number of hydrogen-bond donors (Lipinski definition) is 1. The van der Waals surface area contributed by atoms with Crippen LogP contribution in [-0.2, 0) is 15.9 Å². The number of hydrogen-bond acceptors (Lipinski definition) is 4. The lowest BCUT2D eigenvalue weighted by Gasteiger charge is -2.35. The van der Waals surface area contributed by atoms with Gasteiger partial charge in [-0.05, 0) is 50.2 Å². The van der Waals surface area contributed by atoms with Gasteiger partial charge in [-0.15, -0.1) is 0 Å². The Balaban J connectivity index is 1.34. The van der Waals surface area contributed by atoms with Crippen LogP contribution in [0.3, 0.4) is 0 Å². The molecule has 6 nitrogen and oxygen atoms in total. The average molecular weight is 395 g/mol. The first kappa shape index (κ1) is 20.4. The van der Waals surface area contributed by atoms with Gasteiger partial charge in [0.25, 0.3) is 0 Å². The second-order valence-electron chi connectivity index (χ2n) is 7.22. The Labute approximate surface area is 167 Å². The van der Waals surface area contributed by atoms with Gasteiger partial charge in [-0.2, -0.15) is 0 Å². The van der Waals surface area contributed by atoms with E-state index >= 15 is 0 Å². The number of piperidine rings is 1. The van der Waals surface area contributed by atoms with E-state index in [2.05, 4.69) is 20.2 Å². The SMILES string of the molecule is CN=C(NCCc1ccc(Cl)nc1)N1CCC(OCC2CCCCO2)CC1. The fraction of sp³-hybridized carbons (Fsp3) is 0.700. The molecule has 0 bridgehead atoms. The van der Waals surface area contributed by atoms with Crippen molar-refractivity contribution in [3.05, 3.63) is 29.0 Å². The zero-order valence-electron chi connectivity index (χ0n) is 16.2. The summed E-state index contributed by atoms with van der Waals surface area (Å²) in [7, 11) is 1.84. The fourth-order valence-electron chi connectivity index (χ4n) is 3.62. The predicted molar refractivity (Wildman–Crippen MR) is 108 cm³/mol. The molecule has 3 heterocycles. The van der Waals surface area contributed by atoms with Gasteiger partial charge in [0.15, 0.2) is 5.96 Å². The van der Waals surface area contributed by atoms with E-state index in [1.807, 2.05) is 25.4 Å². The van der Waals surface area contributed by atoms with E-state index in [-0.39, 0.29) is 0 Å². The summed E-state index contributed by atoms with van der Waals surface area (Å²) >= 11 is 5.83. The molecule has 27 heavy (non-hydrogen) atoms. The molecule has 0 aliphatic carbocycles. The smallest absolute Gasteiger partial charge is 0.193 e. The van der Waals surface area contributed by atoms with Crippen molar-refractivity contribution in [2.24, 2.45) is 4.99 Å². The summed E-state index contributed by atoms with van der Waals surface area (Å²) in [6.07, 6.45) is 9.02. The molecule has 150 valence electrons. The topological polar surface area (TPSA) is 59.0 Å². The summed E-state index contributed by atoms with van der Waals surface area (Å²) in [5.41, 5.74) is 1.17. The first-order chi connectivity index (χ1) is 13.2. The Hall–Kier alpha value is -1.37. The molecule has 7 heteroatoms. The Morgan fingerprint density at radius 2 is 2.19 bits per heavy atom. The van der Waals surface area contributed by atoms with Crippen molar-refractivity contribution in [2.45, 2.75) is 50.7 Å². The van der Waals surface area contributed by atoms with Gasteiger partial charge in [0, 0.05) is 39.5 Å². The van der Waals surface area contributed by atoms with Crippen LogP contribution in [0, 0.1) is 0 Å². The number of aliphatic imine (C=N–C) groups is 1. The molecule has 0 amide bonds. The summed E-state index contributed by atoms with van der Waals surface area (Å²) in [6.45, 7) is 4.40. The number of ether oxygens (including phenoxy) is 2. The molecule has 0 spiro atoms. The quantitative estimate of drug-likeness (QED) is 0.456. The lowest BCUT2D eigenvalue weighted by molar-refractivity contribution is -0.0721. The van der Waals surface area contributed by atoms with E-state index < -0.39 is 0 Å². The van der Waals surface area contributed by atoms with Crippen LogP contribution in [0.15, 0.2) is 23.3 Å². The molecule has 2 saturated heterocycles. The van der Waals surface area contributed by atoms with Crippen LogP contribution in [0.2, 0.25) is 5.15 Å². The number of likely N-dealkylation sites (tertiary alicyclic amines) is 1. The lowest BCUT2D eigenvalue weighted by atomic mass is 10.1. The second-order valence-corrected chi connectivity index (χ2v) is 7.61. The van der Waals surface area contributed by atoms with Crippen LogP contribution >= 0.6 is 11.6 Å². The molecule has 0 aromatic carbocycles. The minimum absolute atomic E-state index is 0.300. The molecule has 1 N–H and O–H groups in total. The summed E-state index contributed by atoms with van der Waals surface area (Å²) in [6, 6.07) is 3.84. The third-order valence-corrected chi connectivity index (χ3v) is 5.45. The largest absolute Gasteiger partial charge is 0.376 e. The average Bonchev–Trinajstić information content (AvgIpc) is 2.72. The molecule has 1 aromatic heterocycles. The lowest BCUT2D eigenvalue weighted by Crippen LogP contribution is -2.47. The number of aromatic nitrogens is 1. The zero-order valence-corrected chi connectivity index (χ0v) is 17.0. The molecule has 3 rings (SSSR count). The van der Waals surface area contributed by atoms with Gasteiger partial charge >= 0.3 is 0 Å². The summed E-state index contributed by atoms with van der Waals surface area (Å²) < 4.78 is 11.9. The maximum atomic E-state index is 6.10. The predicted octanol–water partition coefficient (Wildman–Crippen LogP) is 2.90. The third kappa shape index (κ3) is 6.63. The van der Waals surface area contributed by atoms with E-state index in [0.29, 0.717) is 17.4 Å².